The van der Waals surface area contributed by atoms with E-state index >= 15 is 0 Å². The topological polar surface area (TPSA) is 160 Å². The maximum Gasteiger partial charge on any atom is 0.149 e. The zero-order valence-corrected chi connectivity index (χ0v) is 21.9. The molecule has 0 fully saturated rings. The van der Waals surface area contributed by atoms with Gasteiger partial charge in [0.1, 0.15) is 80.9 Å². The molecule has 9 heteroatoms. The lowest BCUT2D eigenvalue weighted by Crippen LogP contribution is -1.96. The molecule has 0 aliphatic carbocycles. The summed E-state index contributed by atoms with van der Waals surface area (Å²) in [6, 6.07) is 34.7. The van der Waals surface area contributed by atoms with Gasteiger partial charge < -0.3 is 30.4 Å². The summed E-state index contributed by atoms with van der Waals surface area (Å²) in [4.78, 5) is 0. The van der Waals surface area contributed by atoms with Gasteiger partial charge in [-0.1, -0.05) is 30.3 Å². The van der Waals surface area contributed by atoms with E-state index < -0.39 is 0 Å². The molecule has 0 spiro atoms. The van der Waals surface area contributed by atoms with Crippen LogP contribution in [0, 0.1) is 34.0 Å². The predicted molar refractivity (Wildman–Crippen MR) is 155 cm³/mol. The molecule has 0 atom stereocenters. The van der Waals surface area contributed by atoms with Crippen molar-refractivity contribution in [3.05, 3.63) is 120 Å². The number of hydrogen-bond donors (Lipinski definition) is 2. The lowest BCUT2D eigenvalue weighted by molar-refractivity contribution is 0.445. The van der Waals surface area contributed by atoms with Crippen LogP contribution in [0.1, 0.15) is 16.7 Å². The van der Waals surface area contributed by atoms with Gasteiger partial charge in [0, 0.05) is 12.1 Å². The van der Waals surface area contributed by atoms with Gasteiger partial charge >= 0.3 is 0 Å². The van der Waals surface area contributed by atoms with Gasteiger partial charge in [-0.05, 0) is 60.7 Å². The molecule has 0 aliphatic rings. The second-order valence-electron chi connectivity index (χ2n) is 8.76. The molecule has 9 nitrogen and oxygen atoms in total. The van der Waals surface area contributed by atoms with Gasteiger partial charge in [-0.3, -0.25) is 0 Å². The summed E-state index contributed by atoms with van der Waals surface area (Å²) < 4.78 is 23.8. The van der Waals surface area contributed by atoms with Crippen molar-refractivity contribution in [1.82, 2.24) is 0 Å². The molecule has 0 unspecified atom stereocenters. The Morgan fingerprint density at radius 3 is 1.02 bits per heavy atom. The van der Waals surface area contributed by atoms with Gasteiger partial charge in [-0.15, -0.1) is 0 Å². The third kappa shape index (κ3) is 5.84. The van der Waals surface area contributed by atoms with E-state index in [1.807, 2.05) is 12.1 Å². The molecule has 5 aromatic carbocycles. The van der Waals surface area contributed by atoms with Crippen molar-refractivity contribution in [2.24, 2.45) is 0 Å². The molecule has 5 aromatic rings. The SMILES string of the molecule is N#Cc1c(N)cccc1Oc1cccc(Oc2cccc(Oc3cccc(Oc4cccc(N)c4C#N)c3)c2C#N)c1. The fourth-order valence-corrected chi connectivity index (χ4v) is 4.01. The monoisotopic (exact) mass is 551 g/mol. The molecule has 0 saturated heterocycles. The molecule has 42 heavy (non-hydrogen) atoms. The van der Waals surface area contributed by atoms with Crippen LogP contribution in [0.15, 0.2) is 103 Å². The largest absolute Gasteiger partial charge is 0.456 e. The van der Waals surface area contributed by atoms with E-state index in [-0.39, 0.29) is 28.2 Å². The fraction of sp³-hybridized carbons (Fsp3) is 0. The summed E-state index contributed by atoms with van der Waals surface area (Å²) in [5, 5.41) is 28.8. The highest BCUT2D eigenvalue weighted by molar-refractivity contribution is 5.63. The van der Waals surface area contributed by atoms with Crippen LogP contribution in [-0.4, -0.2) is 0 Å². The van der Waals surface area contributed by atoms with E-state index in [9.17, 15) is 15.8 Å². The molecule has 0 aromatic heterocycles. The van der Waals surface area contributed by atoms with Gasteiger partial charge in [-0.2, -0.15) is 15.8 Å². The third-order valence-corrected chi connectivity index (χ3v) is 5.96. The average Bonchev–Trinajstić information content (AvgIpc) is 2.98. The molecule has 0 saturated carbocycles. The first-order valence-electron chi connectivity index (χ1n) is 12.5. The van der Waals surface area contributed by atoms with Crippen LogP contribution in [0.25, 0.3) is 0 Å². The number of benzene rings is 5. The van der Waals surface area contributed by atoms with Crippen molar-refractivity contribution in [3.63, 3.8) is 0 Å². The number of rotatable bonds is 8. The molecule has 4 N–H and O–H groups in total. The predicted octanol–water partition coefficient (Wildman–Crippen LogP) is 7.64. The second kappa shape index (κ2) is 12.0. The maximum absolute atomic E-state index is 9.98. The van der Waals surface area contributed by atoms with E-state index in [0.29, 0.717) is 45.9 Å². The van der Waals surface area contributed by atoms with E-state index in [4.69, 9.17) is 30.4 Å². The number of nitriles is 3. The van der Waals surface area contributed by atoms with Gasteiger partial charge in [0.25, 0.3) is 0 Å². The van der Waals surface area contributed by atoms with Crippen LogP contribution in [0.4, 0.5) is 11.4 Å². The summed E-state index contributed by atoms with van der Waals surface area (Å²) in [5.74, 6) is 2.78. The summed E-state index contributed by atoms with van der Waals surface area (Å²) in [5.41, 5.74) is 13.0. The van der Waals surface area contributed by atoms with Crippen molar-refractivity contribution < 1.29 is 18.9 Å². The number of nitrogens with two attached hydrogens (primary N) is 2. The highest BCUT2D eigenvalue weighted by Gasteiger charge is 2.15. The summed E-state index contributed by atoms with van der Waals surface area (Å²) >= 11 is 0. The molecule has 5 rings (SSSR count). The standard InChI is InChI=1S/C33H21N5O4/c34-18-25-28(37)10-3-12-30(25)39-21-6-1-8-23(16-21)41-32-14-5-15-33(27(32)20-36)42-24-9-2-7-22(17-24)40-31-13-4-11-29(38)26(31)19-35/h1-17H,37-38H2. The van der Waals surface area contributed by atoms with E-state index in [1.165, 1.54) is 0 Å². The minimum atomic E-state index is 0.167. The Labute approximate surface area is 241 Å². The van der Waals surface area contributed by atoms with E-state index in [1.54, 1.807) is 103 Å². The molecule has 202 valence electrons. The Balaban J connectivity index is 1.36. The molecule has 0 radical (unpaired) electrons. The van der Waals surface area contributed by atoms with Crippen LogP contribution in [0.5, 0.6) is 46.0 Å². The summed E-state index contributed by atoms with van der Waals surface area (Å²) in [7, 11) is 0. The van der Waals surface area contributed by atoms with Crippen molar-refractivity contribution in [2.45, 2.75) is 0 Å². The average molecular weight is 552 g/mol. The van der Waals surface area contributed by atoms with Crippen molar-refractivity contribution in [2.75, 3.05) is 11.5 Å². The zero-order chi connectivity index (χ0) is 29.5. The van der Waals surface area contributed by atoms with Gasteiger partial charge in [0.05, 0.1) is 11.4 Å². The molecule has 0 aliphatic heterocycles. The number of ether oxygens (including phenoxy) is 4. The van der Waals surface area contributed by atoms with E-state index in [0.717, 1.165) is 0 Å². The van der Waals surface area contributed by atoms with Crippen LogP contribution < -0.4 is 30.4 Å². The van der Waals surface area contributed by atoms with Crippen LogP contribution in [-0.2, 0) is 0 Å². The quantitative estimate of drug-likeness (QED) is 0.185. The molecule has 0 bridgehead atoms. The maximum atomic E-state index is 9.98. The lowest BCUT2D eigenvalue weighted by atomic mass is 10.2. The van der Waals surface area contributed by atoms with Crippen molar-refractivity contribution >= 4 is 11.4 Å². The molecule has 0 heterocycles. The first-order chi connectivity index (χ1) is 20.5. The van der Waals surface area contributed by atoms with Crippen molar-refractivity contribution in [1.29, 1.82) is 15.8 Å². The molecule has 0 amide bonds. The minimum absolute atomic E-state index is 0.167. The molecular weight excluding hydrogens is 530 g/mol. The second-order valence-corrected chi connectivity index (χ2v) is 8.76. The van der Waals surface area contributed by atoms with Crippen LogP contribution in [0.2, 0.25) is 0 Å². The van der Waals surface area contributed by atoms with Gasteiger partial charge in [-0.25, -0.2) is 0 Å². The van der Waals surface area contributed by atoms with E-state index in [2.05, 4.69) is 6.07 Å². The Morgan fingerprint density at radius 2 is 0.690 bits per heavy atom. The summed E-state index contributed by atoms with van der Waals surface area (Å²) in [6.45, 7) is 0. The Bertz CT molecular complexity index is 1790. The van der Waals surface area contributed by atoms with Crippen LogP contribution >= 0.6 is 0 Å². The lowest BCUT2D eigenvalue weighted by Gasteiger charge is -2.14. The Kier molecular flexibility index (Phi) is 7.73. The zero-order valence-electron chi connectivity index (χ0n) is 21.9. The normalized spacial score (nSPS) is 10.0. The highest BCUT2D eigenvalue weighted by Crippen LogP contribution is 2.37. The Hall–Kier alpha value is -6.63. The number of hydrogen-bond acceptors (Lipinski definition) is 9. The molecular formula is C33H21N5O4. The number of anilines is 2. The number of nitrogens with zero attached hydrogens (tertiary/aromatic N) is 3. The third-order valence-electron chi connectivity index (χ3n) is 5.96. The number of nitrogen functional groups attached to an aromatic ring is 2. The Morgan fingerprint density at radius 1 is 0.405 bits per heavy atom. The first kappa shape index (κ1) is 27.0. The minimum Gasteiger partial charge on any atom is -0.456 e. The fourth-order valence-electron chi connectivity index (χ4n) is 4.01. The van der Waals surface area contributed by atoms with Crippen LogP contribution in [0.3, 0.4) is 0 Å². The first-order valence-corrected chi connectivity index (χ1v) is 12.5. The highest BCUT2D eigenvalue weighted by atomic mass is 16.5. The summed E-state index contributed by atoms with van der Waals surface area (Å²) in [6.07, 6.45) is 0. The van der Waals surface area contributed by atoms with Gasteiger partial charge in [0.2, 0.25) is 0 Å². The van der Waals surface area contributed by atoms with Crippen molar-refractivity contribution in [3.8, 4) is 64.2 Å². The van der Waals surface area contributed by atoms with Gasteiger partial charge in [0.15, 0.2) is 0 Å². The smallest absolute Gasteiger partial charge is 0.149 e.